The number of rotatable bonds is 7. The Morgan fingerprint density at radius 1 is 1.12 bits per heavy atom. The van der Waals surface area contributed by atoms with E-state index in [0.29, 0.717) is 24.7 Å². The first-order valence-electron chi connectivity index (χ1n) is 8.55. The van der Waals surface area contributed by atoms with Crippen LogP contribution in [-0.4, -0.2) is 31.1 Å². The maximum Gasteiger partial charge on any atom is 0.191 e. The van der Waals surface area contributed by atoms with Crippen LogP contribution in [0.5, 0.6) is 0 Å². The molecule has 0 atom stereocenters. The lowest BCUT2D eigenvalue weighted by Crippen LogP contribution is -2.36. The molecule has 5 nitrogen and oxygen atoms in total. The molecule has 2 aromatic rings. The summed E-state index contributed by atoms with van der Waals surface area (Å²) >= 11 is 0. The van der Waals surface area contributed by atoms with E-state index in [0.717, 1.165) is 24.3 Å². The third kappa shape index (κ3) is 6.44. The fourth-order valence-corrected chi connectivity index (χ4v) is 2.56. The van der Waals surface area contributed by atoms with Gasteiger partial charge in [0.2, 0.25) is 0 Å². The minimum atomic E-state index is -0.195. The number of halogens is 2. The zero-order chi connectivity index (χ0) is 18.1. The summed E-state index contributed by atoms with van der Waals surface area (Å²) in [6, 6.07) is 11.1. The minimum Gasteiger partial charge on any atom is -0.370 e. The lowest BCUT2D eigenvalue weighted by atomic mass is 10.2. The highest BCUT2D eigenvalue weighted by atomic mass is 127. The van der Waals surface area contributed by atoms with Gasteiger partial charge in [0.25, 0.3) is 0 Å². The second-order valence-corrected chi connectivity index (χ2v) is 5.56. The number of guanidine groups is 1. The van der Waals surface area contributed by atoms with Gasteiger partial charge in [-0.2, -0.15) is 0 Å². The molecule has 0 bridgehead atoms. The maximum absolute atomic E-state index is 14.3. The molecule has 0 unspecified atom stereocenters. The monoisotopic (exact) mass is 471 g/mol. The highest BCUT2D eigenvalue weighted by molar-refractivity contribution is 14.0. The Morgan fingerprint density at radius 3 is 2.42 bits per heavy atom. The molecular formula is C19H27FIN5. The first-order valence-corrected chi connectivity index (χ1v) is 8.55. The van der Waals surface area contributed by atoms with Crippen LogP contribution >= 0.6 is 24.0 Å². The summed E-state index contributed by atoms with van der Waals surface area (Å²) in [5.74, 6) is 0.457. The standard InChI is InChI=1S/C19H26FN5.HI/c1-4-25(5-2)18-10-9-15(12-17(18)20)13-23-19(21-3)24-14-16-8-6-7-11-22-16;/h6-12H,4-5,13-14H2,1-3H3,(H2,21,23,24);1H. The summed E-state index contributed by atoms with van der Waals surface area (Å²) in [4.78, 5) is 10.4. The topological polar surface area (TPSA) is 52.5 Å². The van der Waals surface area contributed by atoms with Crippen molar-refractivity contribution >= 4 is 35.6 Å². The predicted molar refractivity (Wildman–Crippen MR) is 117 cm³/mol. The zero-order valence-electron chi connectivity index (χ0n) is 15.5. The van der Waals surface area contributed by atoms with Crippen molar-refractivity contribution in [2.45, 2.75) is 26.9 Å². The van der Waals surface area contributed by atoms with Crippen molar-refractivity contribution in [1.82, 2.24) is 15.6 Å². The SMILES string of the molecule is CCN(CC)c1ccc(CNC(=NC)NCc2ccccn2)cc1F.I. The van der Waals surface area contributed by atoms with Crippen molar-refractivity contribution in [3.8, 4) is 0 Å². The summed E-state index contributed by atoms with van der Waals surface area (Å²) in [7, 11) is 1.71. The Balaban J connectivity index is 0.00000338. The van der Waals surface area contributed by atoms with Gasteiger partial charge in [0.05, 0.1) is 17.9 Å². The first-order chi connectivity index (χ1) is 12.2. The van der Waals surface area contributed by atoms with Crippen molar-refractivity contribution in [3.63, 3.8) is 0 Å². The molecule has 0 aliphatic carbocycles. The molecule has 0 saturated heterocycles. The van der Waals surface area contributed by atoms with Crippen LogP contribution < -0.4 is 15.5 Å². The van der Waals surface area contributed by atoms with Gasteiger partial charge in [-0.05, 0) is 43.7 Å². The van der Waals surface area contributed by atoms with Crippen LogP contribution in [0, 0.1) is 5.82 Å². The van der Waals surface area contributed by atoms with Crippen LogP contribution in [0.3, 0.4) is 0 Å². The van der Waals surface area contributed by atoms with E-state index in [1.807, 2.05) is 49.1 Å². The van der Waals surface area contributed by atoms with E-state index in [1.54, 1.807) is 19.3 Å². The number of aromatic nitrogens is 1. The van der Waals surface area contributed by atoms with E-state index < -0.39 is 0 Å². The predicted octanol–water partition coefficient (Wildman–Crippen LogP) is 3.55. The average Bonchev–Trinajstić information content (AvgIpc) is 2.65. The number of nitrogens with zero attached hydrogens (tertiary/aromatic N) is 3. The molecule has 2 rings (SSSR count). The van der Waals surface area contributed by atoms with Gasteiger partial charge in [-0.3, -0.25) is 9.98 Å². The van der Waals surface area contributed by atoms with Crippen LogP contribution in [0.4, 0.5) is 10.1 Å². The van der Waals surface area contributed by atoms with Crippen LogP contribution in [0.25, 0.3) is 0 Å². The molecule has 1 aromatic heterocycles. The third-order valence-corrected chi connectivity index (χ3v) is 3.96. The van der Waals surface area contributed by atoms with E-state index in [4.69, 9.17) is 0 Å². The number of benzene rings is 1. The number of hydrogen-bond donors (Lipinski definition) is 2. The number of pyridine rings is 1. The quantitative estimate of drug-likeness (QED) is 0.369. The highest BCUT2D eigenvalue weighted by Crippen LogP contribution is 2.20. The molecule has 7 heteroatoms. The number of anilines is 1. The second-order valence-electron chi connectivity index (χ2n) is 5.56. The molecule has 0 fully saturated rings. The minimum absolute atomic E-state index is 0. The van der Waals surface area contributed by atoms with E-state index >= 15 is 0 Å². The lowest BCUT2D eigenvalue weighted by Gasteiger charge is -2.22. The Hall–Kier alpha value is -1.90. The van der Waals surface area contributed by atoms with E-state index in [-0.39, 0.29) is 29.8 Å². The summed E-state index contributed by atoms with van der Waals surface area (Å²) in [6.45, 7) is 6.70. The highest BCUT2D eigenvalue weighted by Gasteiger charge is 2.09. The molecule has 0 radical (unpaired) electrons. The molecule has 0 aliphatic heterocycles. The van der Waals surface area contributed by atoms with Crippen LogP contribution in [0.15, 0.2) is 47.6 Å². The Kier molecular flexibility index (Phi) is 9.93. The van der Waals surface area contributed by atoms with E-state index in [1.165, 1.54) is 0 Å². The van der Waals surface area contributed by atoms with Crippen molar-refractivity contribution < 1.29 is 4.39 Å². The molecule has 1 aromatic carbocycles. The van der Waals surface area contributed by atoms with Crippen molar-refractivity contribution in [1.29, 1.82) is 0 Å². The number of hydrogen-bond acceptors (Lipinski definition) is 3. The smallest absolute Gasteiger partial charge is 0.191 e. The Bertz CT molecular complexity index is 690. The number of nitrogens with one attached hydrogen (secondary N) is 2. The van der Waals surface area contributed by atoms with E-state index in [9.17, 15) is 4.39 Å². The molecule has 0 spiro atoms. The normalized spacial score (nSPS) is 10.8. The molecule has 142 valence electrons. The summed E-state index contributed by atoms with van der Waals surface area (Å²) in [5, 5.41) is 6.38. The van der Waals surface area contributed by atoms with Gasteiger partial charge >= 0.3 is 0 Å². The van der Waals surface area contributed by atoms with Gasteiger partial charge in [-0.1, -0.05) is 12.1 Å². The zero-order valence-corrected chi connectivity index (χ0v) is 17.8. The Labute approximate surface area is 172 Å². The third-order valence-electron chi connectivity index (χ3n) is 3.96. The van der Waals surface area contributed by atoms with Crippen LogP contribution in [0.1, 0.15) is 25.1 Å². The van der Waals surface area contributed by atoms with Crippen LogP contribution in [0.2, 0.25) is 0 Å². The fraction of sp³-hybridized carbons (Fsp3) is 0.368. The molecule has 1 heterocycles. The average molecular weight is 471 g/mol. The largest absolute Gasteiger partial charge is 0.370 e. The number of aliphatic imine (C=N–C) groups is 1. The molecule has 26 heavy (non-hydrogen) atoms. The van der Waals surface area contributed by atoms with Gasteiger partial charge in [0.15, 0.2) is 5.96 Å². The first kappa shape index (κ1) is 22.1. The summed E-state index contributed by atoms with van der Waals surface area (Å²) in [6.07, 6.45) is 1.76. The summed E-state index contributed by atoms with van der Waals surface area (Å²) in [5.41, 5.74) is 2.45. The van der Waals surface area contributed by atoms with Crippen LogP contribution in [-0.2, 0) is 13.1 Å². The molecular weight excluding hydrogens is 444 g/mol. The molecule has 2 N–H and O–H groups in total. The second kappa shape index (κ2) is 11.7. The van der Waals surface area contributed by atoms with Gasteiger partial charge < -0.3 is 15.5 Å². The molecule has 0 aliphatic rings. The molecule has 0 amide bonds. The van der Waals surface area contributed by atoms with Gasteiger partial charge in [0, 0.05) is 32.9 Å². The maximum atomic E-state index is 14.3. The van der Waals surface area contributed by atoms with Gasteiger partial charge in [-0.15, -0.1) is 24.0 Å². The van der Waals surface area contributed by atoms with Gasteiger partial charge in [-0.25, -0.2) is 4.39 Å². The van der Waals surface area contributed by atoms with E-state index in [2.05, 4.69) is 20.6 Å². The Morgan fingerprint density at radius 2 is 1.85 bits per heavy atom. The fourth-order valence-electron chi connectivity index (χ4n) is 2.56. The van der Waals surface area contributed by atoms with Crippen molar-refractivity contribution in [2.75, 3.05) is 25.0 Å². The van der Waals surface area contributed by atoms with Crippen molar-refractivity contribution in [3.05, 3.63) is 59.7 Å². The molecule has 0 saturated carbocycles. The van der Waals surface area contributed by atoms with Crippen molar-refractivity contribution in [2.24, 2.45) is 4.99 Å². The van der Waals surface area contributed by atoms with Gasteiger partial charge in [0.1, 0.15) is 5.82 Å². The summed E-state index contributed by atoms with van der Waals surface area (Å²) < 4.78 is 14.3. The lowest BCUT2D eigenvalue weighted by molar-refractivity contribution is 0.617.